The maximum atomic E-state index is 13.8. The van der Waals surface area contributed by atoms with Crippen LogP contribution in [0.25, 0.3) is 21.9 Å². The quantitative estimate of drug-likeness (QED) is 0.551. The molecule has 0 aliphatic heterocycles. The Bertz CT molecular complexity index is 698. The predicted octanol–water partition coefficient (Wildman–Crippen LogP) is 4.17. The Morgan fingerprint density at radius 1 is 0.938 bits per heavy atom. The fourth-order valence-corrected chi connectivity index (χ4v) is 1.89. The normalized spacial score (nSPS) is 11.4. The van der Waals surface area contributed by atoms with Crippen LogP contribution in [0.4, 0.5) is 8.78 Å². The lowest BCUT2D eigenvalue weighted by Gasteiger charge is -1.94. The first kappa shape index (κ1) is 9.33. The summed E-state index contributed by atoms with van der Waals surface area (Å²) in [6.07, 6.45) is 0. The molecule has 0 unspecified atom stereocenters. The van der Waals surface area contributed by atoms with Gasteiger partial charge in [0.25, 0.3) is 0 Å². The van der Waals surface area contributed by atoms with Crippen molar-refractivity contribution >= 4 is 21.9 Å². The van der Waals surface area contributed by atoms with Crippen molar-refractivity contribution in [3.05, 3.63) is 47.5 Å². The maximum Gasteiger partial charge on any atom is 0.171 e. The zero-order valence-corrected chi connectivity index (χ0v) is 8.55. The minimum absolute atomic E-state index is 0.113. The Hall–Kier alpha value is -1.90. The van der Waals surface area contributed by atoms with Gasteiger partial charge in [-0.2, -0.15) is 0 Å². The molecule has 16 heavy (non-hydrogen) atoms. The average molecular weight is 218 g/mol. The molecule has 3 heteroatoms. The molecule has 0 saturated carbocycles. The molecule has 0 amide bonds. The summed E-state index contributed by atoms with van der Waals surface area (Å²) < 4.78 is 32.4. The van der Waals surface area contributed by atoms with Crippen molar-refractivity contribution in [2.75, 3.05) is 0 Å². The monoisotopic (exact) mass is 218 g/mol. The van der Waals surface area contributed by atoms with Crippen molar-refractivity contribution in [2.45, 2.75) is 6.92 Å². The molecule has 0 N–H and O–H groups in total. The second-order valence-electron chi connectivity index (χ2n) is 3.79. The molecule has 0 atom stereocenters. The number of hydrogen-bond acceptors (Lipinski definition) is 1. The molecule has 1 nitrogen and oxygen atoms in total. The van der Waals surface area contributed by atoms with Gasteiger partial charge in [-0.05, 0) is 18.6 Å². The lowest BCUT2D eigenvalue weighted by molar-refractivity contribution is 0.554. The van der Waals surface area contributed by atoms with Crippen LogP contribution in [0.1, 0.15) is 5.56 Å². The van der Waals surface area contributed by atoms with Crippen molar-refractivity contribution < 1.29 is 13.2 Å². The van der Waals surface area contributed by atoms with E-state index in [2.05, 4.69) is 0 Å². The molecular formula is C13H8F2O. The molecule has 2 aromatic carbocycles. The van der Waals surface area contributed by atoms with Crippen molar-refractivity contribution in [2.24, 2.45) is 0 Å². The highest BCUT2D eigenvalue weighted by Gasteiger charge is 2.14. The van der Waals surface area contributed by atoms with Crippen LogP contribution in [0, 0.1) is 18.6 Å². The minimum Gasteiger partial charge on any atom is -0.450 e. The highest BCUT2D eigenvalue weighted by Crippen LogP contribution is 2.32. The van der Waals surface area contributed by atoms with E-state index in [0.29, 0.717) is 16.3 Å². The Balaban J connectivity index is 2.60. The molecule has 0 fully saturated rings. The highest BCUT2D eigenvalue weighted by atomic mass is 19.1. The molecule has 1 heterocycles. The van der Waals surface area contributed by atoms with Crippen LogP contribution in [-0.2, 0) is 0 Å². The van der Waals surface area contributed by atoms with E-state index in [-0.39, 0.29) is 11.2 Å². The van der Waals surface area contributed by atoms with E-state index in [1.54, 1.807) is 31.2 Å². The number of para-hydroxylation sites is 1. The smallest absolute Gasteiger partial charge is 0.171 e. The zero-order valence-electron chi connectivity index (χ0n) is 8.55. The number of halogens is 2. The molecule has 0 aliphatic carbocycles. The number of aryl methyl sites for hydroxylation is 1. The first-order valence-corrected chi connectivity index (χ1v) is 4.94. The van der Waals surface area contributed by atoms with Crippen LogP contribution in [0.2, 0.25) is 0 Å². The maximum absolute atomic E-state index is 13.8. The lowest BCUT2D eigenvalue weighted by atomic mass is 10.1. The Kier molecular flexibility index (Phi) is 1.78. The topological polar surface area (TPSA) is 13.1 Å². The summed E-state index contributed by atoms with van der Waals surface area (Å²) in [6, 6.07) is 8.02. The summed E-state index contributed by atoms with van der Waals surface area (Å²) in [6.45, 7) is 1.65. The number of fused-ring (bicyclic) bond motifs is 3. The fourth-order valence-electron chi connectivity index (χ4n) is 1.89. The van der Waals surface area contributed by atoms with Gasteiger partial charge in [-0.25, -0.2) is 8.78 Å². The highest BCUT2D eigenvalue weighted by molar-refractivity contribution is 6.05. The van der Waals surface area contributed by atoms with Crippen molar-refractivity contribution in [1.29, 1.82) is 0 Å². The predicted molar refractivity (Wildman–Crippen MR) is 58.4 cm³/mol. The van der Waals surface area contributed by atoms with Crippen LogP contribution < -0.4 is 0 Å². The van der Waals surface area contributed by atoms with Gasteiger partial charge in [-0.1, -0.05) is 24.3 Å². The van der Waals surface area contributed by atoms with E-state index in [4.69, 9.17) is 4.42 Å². The Labute approximate surface area is 90.3 Å². The Morgan fingerprint density at radius 2 is 1.69 bits per heavy atom. The summed E-state index contributed by atoms with van der Waals surface area (Å²) in [4.78, 5) is 0. The summed E-state index contributed by atoms with van der Waals surface area (Å²) in [5.74, 6) is -0.890. The summed E-state index contributed by atoms with van der Waals surface area (Å²) in [7, 11) is 0. The second-order valence-corrected chi connectivity index (χ2v) is 3.79. The molecule has 0 spiro atoms. The van der Waals surface area contributed by atoms with Gasteiger partial charge in [0, 0.05) is 10.8 Å². The zero-order chi connectivity index (χ0) is 11.3. The molecule has 80 valence electrons. The van der Waals surface area contributed by atoms with E-state index in [1.807, 2.05) is 0 Å². The van der Waals surface area contributed by atoms with Gasteiger partial charge in [-0.15, -0.1) is 0 Å². The third-order valence-electron chi connectivity index (χ3n) is 2.75. The number of hydrogen-bond donors (Lipinski definition) is 0. The number of benzene rings is 2. The van der Waals surface area contributed by atoms with E-state index >= 15 is 0 Å². The molecule has 1 aromatic heterocycles. The fraction of sp³-hybridized carbons (Fsp3) is 0.0769. The van der Waals surface area contributed by atoms with Gasteiger partial charge < -0.3 is 4.42 Å². The van der Waals surface area contributed by atoms with Gasteiger partial charge >= 0.3 is 0 Å². The Morgan fingerprint density at radius 3 is 2.50 bits per heavy atom. The molecule has 0 saturated heterocycles. The van der Waals surface area contributed by atoms with Crippen LogP contribution in [-0.4, -0.2) is 0 Å². The van der Waals surface area contributed by atoms with E-state index in [1.165, 1.54) is 6.07 Å². The summed E-state index contributed by atoms with van der Waals surface area (Å²) >= 11 is 0. The van der Waals surface area contributed by atoms with Gasteiger partial charge in [0.1, 0.15) is 0 Å². The standard InChI is InChI=1S/C13H8F2O/c1-7-5-6-9-8-3-2-4-10(14)12(8)16-13(9)11(7)15/h2-6H,1H3. The van der Waals surface area contributed by atoms with Crippen molar-refractivity contribution in [3.8, 4) is 0 Å². The molecule has 0 bridgehead atoms. The first-order chi connectivity index (χ1) is 7.68. The van der Waals surface area contributed by atoms with E-state index < -0.39 is 11.6 Å². The third kappa shape index (κ3) is 1.08. The molecule has 0 radical (unpaired) electrons. The minimum atomic E-state index is -0.467. The third-order valence-corrected chi connectivity index (χ3v) is 2.75. The van der Waals surface area contributed by atoms with Gasteiger partial charge in [0.2, 0.25) is 0 Å². The van der Waals surface area contributed by atoms with E-state index in [0.717, 1.165) is 0 Å². The van der Waals surface area contributed by atoms with Crippen LogP contribution in [0.15, 0.2) is 34.7 Å². The number of furan rings is 1. The van der Waals surface area contributed by atoms with Crippen LogP contribution >= 0.6 is 0 Å². The number of rotatable bonds is 0. The molecular weight excluding hydrogens is 210 g/mol. The van der Waals surface area contributed by atoms with Gasteiger partial charge in [0.05, 0.1) is 0 Å². The average Bonchev–Trinajstić information content (AvgIpc) is 2.65. The van der Waals surface area contributed by atoms with Crippen molar-refractivity contribution in [3.63, 3.8) is 0 Å². The van der Waals surface area contributed by atoms with Crippen LogP contribution in [0.5, 0.6) is 0 Å². The molecule has 3 aromatic rings. The summed E-state index contributed by atoms with van der Waals surface area (Å²) in [5.41, 5.74) is 0.731. The molecule has 3 rings (SSSR count). The summed E-state index contributed by atoms with van der Waals surface area (Å²) in [5, 5.41) is 1.21. The first-order valence-electron chi connectivity index (χ1n) is 4.94. The van der Waals surface area contributed by atoms with E-state index in [9.17, 15) is 8.78 Å². The molecule has 0 aliphatic rings. The lowest BCUT2D eigenvalue weighted by Crippen LogP contribution is -1.80. The second kappa shape index (κ2) is 3.04. The van der Waals surface area contributed by atoms with Gasteiger partial charge in [0.15, 0.2) is 22.8 Å². The van der Waals surface area contributed by atoms with Crippen LogP contribution in [0.3, 0.4) is 0 Å². The van der Waals surface area contributed by atoms with Gasteiger partial charge in [-0.3, -0.25) is 0 Å². The largest absolute Gasteiger partial charge is 0.450 e. The SMILES string of the molecule is Cc1ccc2c(oc3c(F)cccc32)c1F. The van der Waals surface area contributed by atoms with Crippen molar-refractivity contribution in [1.82, 2.24) is 0 Å².